The quantitative estimate of drug-likeness (QED) is 0.672. The largest absolute Gasteiger partial charge is 0.493 e. The average molecular weight is 445 g/mol. The number of carbonyl (C=O) groups is 2. The maximum atomic E-state index is 13.6. The summed E-state index contributed by atoms with van der Waals surface area (Å²) in [4.78, 5) is 23.7. The zero-order valence-electron chi connectivity index (χ0n) is 18.0. The van der Waals surface area contributed by atoms with Gasteiger partial charge in [0.15, 0.2) is 11.5 Å². The Morgan fingerprint density at radius 3 is 2.62 bits per heavy atom. The Kier molecular flexibility index (Phi) is 8.04. The smallest absolute Gasteiger partial charge is 0.290 e. The van der Waals surface area contributed by atoms with Crippen molar-refractivity contribution in [2.75, 3.05) is 34.0 Å². The molecule has 9 nitrogen and oxygen atoms in total. The van der Waals surface area contributed by atoms with Crippen LogP contribution in [-0.4, -0.2) is 67.6 Å². The van der Waals surface area contributed by atoms with Crippen molar-refractivity contribution in [3.8, 4) is 11.5 Å². The molecule has 172 valence electrons. The topological polar surface area (TPSA) is 115 Å². The first-order chi connectivity index (χ1) is 15.6. The second kappa shape index (κ2) is 10.9. The van der Waals surface area contributed by atoms with Gasteiger partial charge in [-0.15, -0.1) is 0 Å². The minimum Gasteiger partial charge on any atom is -0.493 e. The lowest BCUT2D eigenvalue weighted by molar-refractivity contribution is -0.122. The van der Waals surface area contributed by atoms with E-state index in [0.29, 0.717) is 43.4 Å². The molecular weight excluding hydrogens is 418 g/mol. The van der Waals surface area contributed by atoms with Gasteiger partial charge in [0.2, 0.25) is 0 Å². The van der Waals surface area contributed by atoms with Crippen LogP contribution < -0.4 is 9.47 Å². The number of amides is 1. The van der Waals surface area contributed by atoms with Crippen molar-refractivity contribution in [3.05, 3.63) is 58.7 Å². The summed E-state index contributed by atoms with van der Waals surface area (Å²) in [6, 6.07) is 10.8. The number of morpholine rings is 1. The average Bonchev–Trinajstić information content (AvgIpc) is 3.32. The molecule has 0 aliphatic carbocycles. The highest BCUT2D eigenvalue weighted by Crippen LogP contribution is 2.37. The van der Waals surface area contributed by atoms with E-state index in [1.807, 2.05) is 30.3 Å². The molecule has 2 aliphatic heterocycles. The van der Waals surface area contributed by atoms with Crippen molar-refractivity contribution in [3.63, 3.8) is 0 Å². The number of benzene rings is 2. The van der Waals surface area contributed by atoms with Gasteiger partial charge < -0.3 is 34.1 Å². The summed E-state index contributed by atoms with van der Waals surface area (Å²) >= 11 is 0. The molecule has 2 N–H and O–H groups in total. The lowest BCUT2D eigenvalue weighted by Crippen LogP contribution is -2.49. The van der Waals surface area contributed by atoms with E-state index in [9.17, 15) is 9.90 Å². The van der Waals surface area contributed by atoms with Crippen LogP contribution in [-0.2, 0) is 27.5 Å². The number of aliphatic hydroxyl groups excluding tert-OH is 1. The molecule has 2 atom stereocenters. The van der Waals surface area contributed by atoms with Gasteiger partial charge in [-0.05, 0) is 34.9 Å². The molecule has 1 saturated heterocycles. The Morgan fingerprint density at radius 2 is 1.94 bits per heavy atom. The van der Waals surface area contributed by atoms with E-state index >= 15 is 0 Å². The summed E-state index contributed by atoms with van der Waals surface area (Å²) in [6.07, 6.45) is -0.529. The molecule has 9 heteroatoms. The normalized spacial score (nSPS) is 19.4. The molecule has 2 heterocycles. The van der Waals surface area contributed by atoms with Crippen molar-refractivity contribution in [2.24, 2.45) is 0 Å². The van der Waals surface area contributed by atoms with Crippen molar-refractivity contribution >= 4 is 12.4 Å². The highest BCUT2D eigenvalue weighted by molar-refractivity contribution is 5.96. The third-order valence-corrected chi connectivity index (χ3v) is 5.55. The van der Waals surface area contributed by atoms with Crippen LogP contribution in [0.5, 0.6) is 11.5 Å². The molecule has 1 amide bonds. The minimum atomic E-state index is -0.529. The molecule has 2 aromatic rings. The number of carbonyl (C=O) groups excluding carboxylic acids is 1. The molecule has 0 radical (unpaired) electrons. The van der Waals surface area contributed by atoms with E-state index in [2.05, 4.69) is 0 Å². The standard InChI is InChI=1S/C22H25NO6.CH2O2/c1-26-18-7-6-14(10-19(18)27-2)21-20(11-24)29-9-8-23(21)22(25)16-5-3-4-15-12-28-13-17(15)16;2-1-3/h3-7,10,20-21,24H,8-9,11-13H2,1-2H3;1H,(H,2,3)/t20-,21-;/m0./s1. The molecule has 4 rings (SSSR count). The van der Waals surface area contributed by atoms with Crippen LogP contribution >= 0.6 is 0 Å². The second-order valence-electron chi connectivity index (χ2n) is 7.19. The predicted molar refractivity (Wildman–Crippen MR) is 114 cm³/mol. The monoisotopic (exact) mass is 445 g/mol. The van der Waals surface area contributed by atoms with Crippen LogP contribution in [0.3, 0.4) is 0 Å². The molecule has 1 fully saturated rings. The summed E-state index contributed by atoms with van der Waals surface area (Å²) < 4.78 is 22.1. The number of methoxy groups -OCH3 is 2. The third-order valence-electron chi connectivity index (χ3n) is 5.55. The van der Waals surface area contributed by atoms with Crippen molar-refractivity contribution in [2.45, 2.75) is 25.4 Å². The maximum absolute atomic E-state index is 13.6. The summed E-state index contributed by atoms with van der Waals surface area (Å²) in [6.45, 7) is 1.31. The number of fused-ring (bicyclic) bond motifs is 1. The SMILES string of the molecule is COc1ccc([C@H]2[C@H](CO)OCCN2C(=O)c2cccc3c2COC3)cc1OC.O=CO. The highest BCUT2D eigenvalue weighted by atomic mass is 16.5. The summed E-state index contributed by atoms with van der Waals surface area (Å²) in [5.41, 5.74) is 3.45. The van der Waals surface area contributed by atoms with Crippen LogP contribution in [0.15, 0.2) is 36.4 Å². The number of carboxylic acid groups (broad SMARTS) is 1. The van der Waals surface area contributed by atoms with Crippen LogP contribution in [0.4, 0.5) is 0 Å². The zero-order chi connectivity index (χ0) is 23.1. The molecule has 0 spiro atoms. The fourth-order valence-electron chi connectivity index (χ4n) is 4.10. The molecular formula is C23H27NO8. The fourth-order valence-corrected chi connectivity index (χ4v) is 4.10. The third kappa shape index (κ3) is 4.69. The highest BCUT2D eigenvalue weighted by Gasteiger charge is 2.38. The van der Waals surface area contributed by atoms with Gasteiger partial charge in [-0.3, -0.25) is 9.59 Å². The van der Waals surface area contributed by atoms with E-state index in [0.717, 1.165) is 16.7 Å². The van der Waals surface area contributed by atoms with Gasteiger partial charge in [-0.25, -0.2) is 0 Å². The van der Waals surface area contributed by atoms with Gasteiger partial charge in [0.25, 0.3) is 12.4 Å². The summed E-state index contributed by atoms with van der Waals surface area (Å²) in [5.74, 6) is 1.08. The van der Waals surface area contributed by atoms with Gasteiger partial charge in [0.05, 0.1) is 46.7 Å². The van der Waals surface area contributed by atoms with Gasteiger partial charge >= 0.3 is 0 Å². The first kappa shape index (κ1) is 23.5. The lowest BCUT2D eigenvalue weighted by Gasteiger charge is -2.41. The molecule has 2 aliphatic rings. The fraction of sp³-hybridized carbons (Fsp3) is 0.391. The van der Waals surface area contributed by atoms with Crippen LogP contribution in [0, 0.1) is 0 Å². The number of rotatable bonds is 5. The molecule has 0 bridgehead atoms. The van der Waals surface area contributed by atoms with Crippen LogP contribution in [0.25, 0.3) is 0 Å². The number of aliphatic hydroxyl groups is 1. The van der Waals surface area contributed by atoms with Crippen LogP contribution in [0.1, 0.15) is 33.1 Å². The van der Waals surface area contributed by atoms with E-state index in [4.69, 9.17) is 28.8 Å². The molecule has 32 heavy (non-hydrogen) atoms. The summed E-state index contributed by atoms with van der Waals surface area (Å²) in [7, 11) is 3.14. The van der Waals surface area contributed by atoms with Gasteiger partial charge in [0, 0.05) is 12.1 Å². The van der Waals surface area contributed by atoms with Crippen LogP contribution in [0.2, 0.25) is 0 Å². The van der Waals surface area contributed by atoms with Gasteiger partial charge in [-0.1, -0.05) is 18.2 Å². The van der Waals surface area contributed by atoms with E-state index < -0.39 is 12.1 Å². The number of hydrogen-bond donors (Lipinski definition) is 2. The zero-order valence-corrected chi connectivity index (χ0v) is 18.0. The van der Waals surface area contributed by atoms with Crippen molar-refractivity contribution < 1.29 is 38.7 Å². The van der Waals surface area contributed by atoms with Gasteiger partial charge in [0.1, 0.15) is 6.10 Å². The first-order valence-electron chi connectivity index (χ1n) is 10.1. The number of hydrogen-bond acceptors (Lipinski definition) is 7. The number of nitrogens with zero attached hydrogens (tertiary/aromatic N) is 1. The molecule has 2 aromatic carbocycles. The first-order valence-corrected chi connectivity index (χ1v) is 10.1. The van der Waals surface area contributed by atoms with Crippen molar-refractivity contribution in [1.82, 2.24) is 4.90 Å². The minimum absolute atomic E-state index is 0.0890. The Bertz CT molecular complexity index is 948. The molecule has 0 saturated carbocycles. The predicted octanol–water partition coefficient (Wildman–Crippen LogP) is 2.01. The maximum Gasteiger partial charge on any atom is 0.290 e. The lowest BCUT2D eigenvalue weighted by atomic mass is 9.95. The Labute approximate surface area is 186 Å². The van der Waals surface area contributed by atoms with E-state index in [1.54, 1.807) is 25.2 Å². The second-order valence-corrected chi connectivity index (χ2v) is 7.19. The number of ether oxygens (including phenoxy) is 4. The Balaban J connectivity index is 0.000000913. The Morgan fingerprint density at radius 1 is 1.19 bits per heavy atom. The Hall–Kier alpha value is -3.14. The van der Waals surface area contributed by atoms with E-state index in [1.165, 1.54) is 0 Å². The summed E-state index contributed by atoms with van der Waals surface area (Å²) in [5, 5.41) is 16.8. The van der Waals surface area contributed by atoms with E-state index in [-0.39, 0.29) is 19.0 Å². The molecule has 0 aromatic heterocycles. The van der Waals surface area contributed by atoms with Crippen molar-refractivity contribution in [1.29, 1.82) is 0 Å². The van der Waals surface area contributed by atoms with Gasteiger partial charge in [-0.2, -0.15) is 0 Å². The molecule has 0 unspecified atom stereocenters.